The molecular formula is C17H18ClN5OS. The van der Waals surface area contributed by atoms with E-state index in [-0.39, 0.29) is 12.5 Å². The number of nitrogens with one attached hydrogen (secondary N) is 1. The van der Waals surface area contributed by atoms with E-state index in [9.17, 15) is 4.79 Å². The van der Waals surface area contributed by atoms with E-state index in [4.69, 9.17) is 23.8 Å². The van der Waals surface area contributed by atoms with Gasteiger partial charge >= 0.3 is 0 Å². The summed E-state index contributed by atoms with van der Waals surface area (Å²) in [4.78, 5) is 12.4. The molecule has 0 aliphatic carbocycles. The second kappa shape index (κ2) is 7.67. The fraction of sp³-hybridized carbons (Fsp3) is 0.235. The lowest BCUT2D eigenvalue weighted by molar-refractivity contribution is -0.116. The lowest BCUT2D eigenvalue weighted by Crippen LogP contribution is -2.20. The number of anilines is 1. The van der Waals surface area contributed by atoms with Crippen LogP contribution in [0.4, 0.5) is 5.69 Å². The van der Waals surface area contributed by atoms with Crippen molar-refractivity contribution in [2.75, 3.05) is 5.32 Å². The predicted octanol–water partition coefficient (Wildman–Crippen LogP) is 3.77. The third-order valence-corrected chi connectivity index (χ3v) is 4.33. The minimum Gasteiger partial charge on any atom is -0.323 e. The van der Waals surface area contributed by atoms with Crippen LogP contribution in [0.5, 0.6) is 0 Å². The van der Waals surface area contributed by atoms with Gasteiger partial charge in [0, 0.05) is 18.8 Å². The molecular weight excluding hydrogens is 358 g/mol. The zero-order valence-electron chi connectivity index (χ0n) is 13.7. The minimum atomic E-state index is -0.232. The number of para-hydroxylation sites is 1. The summed E-state index contributed by atoms with van der Waals surface area (Å²) >= 11 is 11.6. The highest BCUT2D eigenvalue weighted by atomic mass is 35.5. The number of aromatic nitrogens is 4. The van der Waals surface area contributed by atoms with Crippen molar-refractivity contribution in [3.8, 4) is 0 Å². The molecule has 0 bridgehead atoms. The highest BCUT2D eigenvalue weighted by Gasteiger charge is 2.14. The number of benzene rings is 1. The van der Waals surface area contributed by atoms with Gasteiger partial charge in [-0.1, -0.05) is 30.7 Å². The second-order valence-corrected chi connectivity index (χ2v) is 6.28. The molecule has 1 N–H and O–H groups in total. The predicted molar refractivity (Wildman–Crippen MR) is 100 cm³/mol. The Morgan fingerprint density at radius 2 is 1.96 bits per heavy atom. The van der Waals surface area contributed by atoms with Crippen LogP contribution >= 0.6 is 23.8 Å². The van der Waals surface area contributed by atoms with Crippen LogP contribution in [0, 0.1) is 4.77 Å². The Morgan fingerprint density at radius 3 is 2.64 bits per heavy atom. The van der Waals surface area contributed by atoms with Crippen molar-refractivity contribution in [2.24, 2.45) is 0 Å². The highest BCUT2D eigenvalue weighted by Crippen LogP contribution is 2.20. The van der Waals surface area contributed by atoms with Gasteiger partial charge in [-0.25, -0.2) is 9.36 Å². The summed E-state index contributed by atoms with van der Waals surface area (Å²) in [6.45, 7) is 2.10. The van der Waals surface area contributed by atoms with E-state index in [2.05, 4.69) is 17.3 Å². The molecule has 0 aliphatic heterocycles. The molecule has 3 rings (SSSR count). The number of halogens is 1. The van der Waals surface area contributed by atoms with Crippen LogP contribution in [0.25, 0.3) is 0 Å². The molecule has 8 heteroatoms. The van der Waals surface area contributed by atoms with Gasteiger partial charge in [0.1, 0.15) is 6.54 Å². The molecule has 0 saturated carbocycles. The Bertz CT molecular complexity index is 929. The topological polar surface area (TPSA) is 56.8 Å². The van der Waals surface area contributed by atoms with Gasteiger partial charge in [0.2, 0.25) is 10.7 Å². The van der Waals surface area contributed by atoms with Crippen LogP contribution in [-0.4, -0.2) is 25.0 Å². The van der Waals surface area contributed by atoms with E-state index in [1.54, 1.807) is 12.1 Å². The Hall–Kier alpha value is -2.38. The highest BCUT2D eigenvalue weighted by molar-refractivity contribution is 7.71. The van der Waals surface area contributed by atoms with Crippen molar-refractivity contribution in [1.29, 1.82) is 0 Å². The van der Waals surface area contributed by atoms with E-state index >= 15 is 0 Å². The molecule has 0 radical (unpaired) electrons. The summed E-state index contributed by atoms with van der Waals surface area (Å²) < 4.78 is 5.70. The number of carbonyl (C=O) groups is 1. The van der Waals surface area contributed by atoms with Gasteiger partial charge < -0.3 is 5.32 Å². The van der Waals surface area contributed by atoms with E-state index in [0.29, 0.717) is 15.5 Å². The Balaban J connectivity index is 1.85. The van der Waals surface area contributed by atoms with Crippen molar-refractivity contribution in [2.45, 2.75) is 26.3 Å². The first-order valence-electron chi connectivity index (χ1n) is 7.97. The Labute approximate surface area is 155 Å². The number of carbonyl (C=O) groups excluding carboxylic acids is 1. The molecule has 0 aliphatic rings. The molecule has 0 unspecified atom stereocenters. The number of hydrogen-bond donors (Lipinski definition) is 1. The Morgan fingerprint density at radius 1 is 1.24 bits per heavy atom. The number of rotatable bonds is 6. The third-order valence-electron chi connectivity index (χ3n) is 3.62. The van der Waals surface area contributed by atoms with Crippen molar-refractivity contribution >= 4 is 35.4 Å². The number of nitrogens with zero attached hydrogens (tertiary/aromatic N) is 4. The molecule has 2 aromatic heterocycles. The molecule has 0 spiro atoms. The van der Waals surface area contributed by atoms with Crippen molar-refractivity contribution in [3.63, 3.8) is 0 Å². The van der Waals surface area contributed by atoms with E-state index in [1.165, 1.54) is 4.68 Å². The standard InChI is InChI=1S/C17H18ClN5OS/c1-2-7-15-20-22(17(25)23(15)21-10-5-6-11-21)12-16(24)19-14-9-4-3-8-13(14)18/h3-6,8-11H,2,7,12H2,1H3,(H,19,24). The average molecular weight is 376 g/mol. The smallest absolute Gasteiger partial charge is 0.246 e. The molecule has 1 aromatic carbocycles. The zero-order chi connectivity index (χ0) is 17.8. The summed E-state index contributed by atoms with van der Waals surface area (Å²) in [6, 6.07) is 10.9. The van der Waals surface area contributed by atoms with Crippen LogP contribution in [0.1, 0.15) is 19.2 Å². The molecule has 1 amide bonds. The maximum Gasteiger partial charge on any atom is 0.246 e. The van der Waals surface area contributed by atoms with Crippen LogP contribution in [0.15, 0.2) is 48.8 Å². The zero-order valence-corrected chi connectivity index (χ0v) is 15.3. The summed E-state index contributed by atoms with van der Waals surface area (Å²) in [5.41, 5.74) is 0.569. The van der Waals surface area contributed by atoms with Gasteiger partial charge in [0.15, 0.2) is 5.82 Å². The first-order valence-corrected chi connectivity index (χ1v) is 8.75. The number of aryl methyl sites for hydroxylation is 1. The lowest BCUT2D eigenvalue weighted by atomic mass is 10.3. The maximum atomic E-state index is 12.4. The average Bonchev–Trinajstić information content (AvgIpc) is 3.19. The van der Waals surface area contributed by atoms with Gasteiger partial charge in [0.05, 0.1) is 10.7 Å². The lowest BCUT2D eigenvalue weighted by Gasteiger charge is -2.07. The molecule has 0 saturated heterocycles. The molecule has 0 fully saturated rings. The van der Waals surface area contributed by atoms with Crippen LogP contribution in [0.2, 0.25) is 5.02 Å². The molecule has 6 nitrogen and oxygen atoms in total. The van der Waals surface area contributed by atoms with Gasteiger partial charge in [-0.05, 0) is 42.9 Å². The molecule has 130 valence electrons. The van der Waals surface area contributed by atoms with Crippen LogP contribution in [0.3, 0.4) is 0 Å². The fourth-order valence-corrected chi connectivity index (χ4v) is 2.99. The van der Waals surface area contributed by atoms with E-state index < -0.39 is 0 Å². The summed E-state index contributed by atoms with van der Waals surface area (Å²) in [7, 11) is 0. The minimum absolute atomic E-state index is 0.0229. The van der Waals surface area contributed by atoms with Gasteiger partial charge in [-0.15, -0.1) is 0 Å². The van der Waals surface area contributed by atoms with Crippen molar-refractivity contribution in [3.05, 3.63) is 64.4 Å². The van der Waals surface area contributed by atoms with Gasteiger partial charge in [-0.2, -0.15) is 5.10 Å². The number of amides is 1. The van der Waals surface area contributed by atoms with Gasteiger partial charge in [-0.3, -0.25) is 9.47 Å². The fourth-order valence-electron chi connectivity index (χ4n) is 2.51. The molecule has 3 aromatic rings. The van der Waals surface area contributed by atoms with Crippen molar-refractivity contribution < 1.29 is 4.79 Å². The summed E-state index contributed by atoms with van der Waals surface area (Å²) in [5.74, 6) is 0.582. The van der Waals surface area contributed by atoms with Crippen LogP contribution < -0.4 is 5.32 Å². The quantitative estimate of drug-likeness (QED) is 0.667. The van der Waals surface area contributed by atoms with E-state index in [1.807, 2.05) is 46.0 Å². The maximum absolute atomic E-state index is 12.4. The van der Waals surface area contributed by atoms with Crippen molar-refractivity contribution in [1.82, 2.24) is 19.1 Å². The molecule has 0 atom stereocenters. The number of hydrogen-bond acceptors (Lipinski definition) is 3. The normalized spacial score (nSPS) is 10.8. The SMILES string of the molecule is CCCc1nn(CC(=O)Nc2ccccc2Cl)c(=S)n1-n1cccc1. The second-order valence-electron chi connectivity index (χ2n) is 5.51. The first kappa shape index (κ1) is 17.4. The molecule has 25 heavy (non-hydrogen) atoms. The van der Waals surface area contributed by atoms with Crippen LogP contribution in [-0.2, 0) is 17.8 Å². The third kappa shape index (κ3) is 3.83. The monoisotopic (exact) mass is 375 g/mol. The summed E-state index contributed by atoms with van der Waals surface area (Å²) in [6.07, 6.45) is 5.48. The van der Waals surface area contributed by atoms with Gasteiger partial charge in [0.25, 0.3) is 0 Å². The first-order chi connectivity index (χ1) is 12.1. The molecule has 2 heterocycles. The van der Waals surface area contributed by atoms with E-state index in [0.717, 1.165) is 18.7 Å². The Kier molecular flexibility index (Phi) is 5.35. The summed E-state index contributed by atoms with van der Waals surface area (Å²) in [5, 5.41) is 7.80. The largest absolute Gasteiger partial charge is 0.323 e.